The summed E-state index contributed by atoms with van der Waals surface area (Å²) in [5, 5.41) is 14.8. The summed E-state index contributed by atoms with van der Waals surface area (Å²) < 4.78 is 0. The van der Waals surface area contributed by atoms with Gasteiger partial charge in [-0.05, 0) is 37.5 Å². The van der Waals surface area contributed by atoms with Crippen LogP contribution in [0.5, 0.6) is 0 Å². The van der Waals surface area contributed by atoms with E-state index in [1.807, 2.05) is 0 Å². The van der Waals surface area contributed by atoms with Crippen LogP contribution in [0, 0.1) is 0 Å². The average Bonchev–Trinajstić information content (AvgIpc) is 2.52. The molecule has 0 aliphatic heterocycles. The second-order valence-corrected chi connectivity index (χ2v) is 5.88. The lowest BCUT2D eigenvalue weighted by molar-refractivity contribution is -0.139. The minimum atomic E-state index is -1.14. The van der Waals surface area contributed by atoms with Crippen LogP contribution in [0.4, 0.5) is 0 Å². The van der Waals surface area contributed by atoms with Gasteiger partial charge in [0.15, 0.2) is 0 Å². The maximum absolute atomic E-state index is 12.1. The van der Waals surface area contributed by atoms with E-state index in [1.54, 1.807) is 0 Å². The van der Waals surface area contributed by atoms with E-state index in [0.29, 0.717) is 24.4 Å². The van der Waals surface area contributed by atoms with Gasteiger partial charge in [-0.1, -0.05) is 23.2 Å². The summed E-state index contributed by atoms with van der Waals surface area (Å²) in [6.45, 7) is 0.314. The van der Waals surface area contributed by atoms with Gasteiger partial charge in [0.1, 0.15) is 6.04 Å². The van der Waals surface area contributed by atoms with E-state index in [4.69, 9.17) is 28.9 Å². The molecule has 7 nitrogen and oxygen atoms in total. The highest BCUT2D eigenvalue weighted by molar-refractivity contribution is 6.36. The molecule has 0 unspecified atom stereocenters. The monoisotopic (exact) mass is 375 g/mol. The quantitative estimate of drug-likeness (QED) is 0.486. The Kier molecular flexibility index (Phi) is 8.53. The van der Waals surface area contributed by atoms with Crippen molar-refractivity contribution in [2.75, 3.05) is 13.1 Å². The zero-order chi connectivity index (χ0) is 18.1. The largest absolute Gasteiger partial charge is 0.480 e. The highest BCUT2D eigenvalue weighted by Gasteiger charge is 2.21. The van der Waals surface area contributed by atoms with Crippen LogP contribution in [0.25, 0.3) is 0 Å². The van der Waals surface area contributed by atoms with Crippen LogP contribution in [0.15, 0.2) is 18.2 Å². The molecule has 0 heterocycles. The van der Waals surface area contributed by atoms with E-state index in [1.165, 1.54) is 18.2 Å². The van der Waals surface area contributed by atoms with E-state index in [2.05, 4.69) is 10.6 Å². The van der Waals surface area contributed by atoms with Gasteiger partial charge in [-0.15, -0.1) is 0 Å². The first-order valence-corrected chi connectivity index (χ1v) is 8.06. The second-order valence-electron chi connectivity index (χ2n) is 5.04. The fraction of sp³-hybridized carbons (Fsp3) is 0.400. The number of benzene rings is 1. The first kappa shape index (κ1) is 20.2. The number of carbonyl (C=O) groups excluding carboxylic acids is 2. The molecule has 9 heteroatoms. The molecule has 0 bridgehead atoms. The lowest BCUT2D eigenvalue weighted by Crippen LogP contribution is -2.41. The van der Waals surface area contributed by atoms with Crippen molar-refractivity contribution in [2.24, 2.45) is 5.73 Å². The summed E-state index contributed by atoms with van der Waals surface area (Å²) in [6.07, 6.45) is 1.31. The van der Waals surface area contributed by atoms with Gasteiger partial charge in [0.2, 0.25) is 5.91 Å². The molecule has 0 saturated carbocycles. The number of carbonyl (C=O) groups is 3. The maximum atomic E-state index is 12.1. The molecule has 5 N–H and O–H groups in total. The highest BCUT2D eigenvalue weighted by Crippen LogP contribution is 2.21. The Bertz CT molecular complexity index is 610. The molecule has 0 fully saturated rings. The first-order chi connectivity index (χ1) is 11.3. The molecule has 0 saturated heterocycles. The molecule has 24 heavy (non-hydrogen) atoms. The fourth-order valence-electron chi connectivity index (χ4n) is 1.94. The Morgan fingerprint density at radius 2 is 1.92 bits per heavy atom. The van der Waals surface area contributed by atoms with Gasteiger partial charge >= 0.3 is 5.97 Å². The summed E-state index contributed by atoms with van der Waals surface area (Å²) in [7, 11) is 0. The molecular weight excluding hydrogens is 357 g/mol. The topological polar surface area (TPSA) is 122 Å². The number of amides is 2. The lowest BCUT2D eigenvalue weighted by atomic mass is 10.1. The van der Waals surface area contributed by atoms with Gasteiger partial charge < -0.3 is 21.5 Å². The molecule has 1 atom stereocenters. The standard InChI is InChI=1S/C15H19Cl2N3O4/c16-9-4-5-10(11(17)7-9)14(22)20-12(15(23)24)3-1-2-6-19-13(21)8-18/h4-5,7,12H,1-3,6,8,18H2,(H,19,21)(H,20,22)(H,23,24)/t12-/m0/s1. The number of hydrogen-bond donors (Lipinski definition) is 4. The van der Waals surface area contributed by atoms with Crippen LogP contribution in [0.1, 0.15) is 29.6 Å². The lowest BCUT2D eigenvalue weighted by Gasteiger charge is -2.15. The summed E-state index contributed by atoms with van der Waals surface area (Å²) in [4.78, 5) is 34.4. The Morgan fingerprint density at radius 3 is 2.50 bits per heavy atom. The molecule has 0 radical (unpaired) electrons. The molecule has 0 aromatic heterocycles. The van der Waals surface area contributed by atoms with Crippen molar-refractivity contribution >= 4 is 41.0 Å². The Labute approximate surface area is 149 Å². The molecule has 1 rings (SSSR count). The minimum Gasteiger partial charge on any atom is -0.480 e. The third-order valence-corrected chi connectivity index (χ3v) is 3.75. The third kappa shape index (κ3) is 6.74. The Morgan fingerprint density at radius 1 is 1.21 bits per heavy atom. The van der Waals surface area contributed by atoms with Crippen LogP contribution in [0.2, 0.25) is 10.0 Å². The smallest absolute Gasteiger partial charge is 0.326 e. The van der Waals surface area contributed by atoms with Crippen molar-refractivity contribution < 1.29 is 19.5 Å². The number of aliphatic carboxylic acids is 1. The van der Waals surface area contributed by atoms with E-state index in [0.717, 1.165) is 0 Å². The van der Waals surface area contributed by atoms with E-state index in [-0.39, 0.29) is 29.5 Å². The maximum Gasteiger partial charge on any atom is 0.326 e. The number of nitrogens with one attached hydrogen (secondary N) is 2. The van der Waals surface area contributed by atoms with Crippen molar-refractivity contribution in [2.45, 2.75) is 25.3 Å². The second kappa shape index (κ2) is 10.1. The number of hydrogen-bond acceptors (Lipinski definition) is 4. The molecule has 0 aliphatic rings. The predicted octanol–water partition coefficient (Wildman–Crippen LogP) is 1.42. The van der Waals surface area contributed by atoms with Crippen LogP contribution in [-0.2, 0) is 9.59 Å². The molecule has 0 aliphatic carbocycles. The summed E-state index contributed by atoms with van der Waals surface area (Å²) in [5.74, 6) is -1.99. The van der Waals surface area contributed by atoms with Crippen LogP contribution >= 0.6 is 23.2 Å². The zero-order valence-electron chi connectivity index (χ0n) is 12.9. The van der Waals surface area contributed by atoms with E-state index in [9.17, 15) is 19.5 Å². The molecule has 2 amide bonds. The number of carboxylic acid groups (broad SMARTS) is 1. The number of unbranched alkanes of at least 4 members (excludes halogenated alkanes) is 1. The molecule has 0 spiro atoms. The van der Waals surface area contributed by atoms with Gasteiger partial charge in [0.25, 0.3) is 5.91 Å². The zero-order valence-corrected chi connectivity index (χ0v) is 14.4. The predicted molar refractivity (Wildman–Crippen MR) is 91.3 cm³/mol. The highest BCUT2D eigenvalue weighted by atomic mass is 35.5. The number of nitrogens with two attached hydrogens (primary N) is 1. The van der Waals surface area contributed by atoms with Crippen molar-refractivity contribution in [1.82, 2.24) is 10.6 Å². The van der Waals surface area contributed by atoms with Gasteiger partial charge in [0, 0.05) is 11.6 Å². The van der Waals surface area contributed by atoms with Gasteiger partial charge in [-0.3, -0.25) is 9.59 Å². The molecule has 1 aromatic carbocycles. The number of carboxylic acids is 1. The fourth-order valence-corrected chi connectivity index (χ4v) is 2.43. The normalized spacial score (nSPS) is 11.6. The van der Waals surface area contributed by atoms with Gasteiger partial charge in [-0.25, -0.2) is 4.79 Å². The summed E-state index contributed by atoms with van der Waals surface area (Å²) in [5.41, 5.74) is 5.31. The van der Waals surface area contributed by atoms with Crippen molar-refractivity contribution in [3.05, 3.63) is 33.8 Å². The number of rotatable bonds is 9. The van der Waals surface area contributed by atoms with Gasteiger partial charge in [0.05, 0.1) is 17.1 Å². The SMILES string of the molecule is NCC(=O)NCCCC[C@H](NC(=O)c1ccc(Cl)cc1Cl)C(=O)O. The molecule has 132 valence electrons. The Balaban J connectivity index is 2.52. The Hall–Kier alpha value is -1.83. The molecule has 1 aromatic rings. The van der Waals surface area contributed by atoms with Crippen LogP contribution < -0.4 is 16.4 Å². The van der Waals surface area contributed by atoms with Crippen LogP contribution in [-0.4, -0.2) is 42.0 Å². The summed E-state index contributed by atoms with van der Waals surface area (Å²) >= 11 is 11.7. The first-order valence-electron chi connectivity index (χ1n) is 7.30. The van der Waals surface area contributed by atoms with Gasteiger partial charge in [-0.2, -0.15) is 0 Å². The van der Waals surface area contributed by atoms with Crippen molar-refractivity contribution in [3.8, 4) is 0 Å². The summed E-state index contributed by atoms with van der Waals surface area (Å²) in [6, 6.07) is 3.29. The van der Waals surface area contributed by atoms with Crippen molar-refractivity contribution in [1.29, 1.82) is 0 Å². The van der Waals surface area contributed by atoms with E-state index >= 15 is 0 Å². The van der Waals surface area contributed by atoms with Crippen LogP contribution in [0.3, 0.4) is 0 Å². The van der Waals surface area contributed by atoms with E-state index < -0.39 is 17.9 Å². The third-order valence-electron chi connectivity index (χ3n) is 3.21. The average molecular weight is 376 g/mol. The van der Waals surface area contributed by atoms with Crippen molar-refractivity contribution in [3.63, 3.8) is 0 Å². The minimum absolute atomic E-state index is 0.0876. The molecular formula is C15H19Cl2N3O4. The number of halogens is 2.